The molecule has 0 aliphatic rings. The molecule has 5 nitrogen and oxygen atoms in total. The zero-order valence-electron chi connectivity index (χ0n) is 13.0. The molecule has 21 heavy (non-hydrogen) atoms. The Labute approximate surface area is 126 Å². The number of carbonyl (C=O) groups is 2. The molecule has 1 atom stereocenters. The maximum Gasteiger partial charge on any atom is 0.307 e. The van der Waals surface area contributed by atoms with E-state index in [0.717, 1.165) is 12.1 Å². The number of nitrogens with zero attached hydrogens (tertiary/aromatic N) is 2. The van der Waals surface area contributed by atoms with Crippen molar-refractivity contribution in [3.05, 3.63) is 35.9 Å². The van der Waals surface area contributed by atoms with E-state index in [2.05, 4.69) is 0 Å². The molecule has 0 aliphatic heterocycles. The average molecular weight is 292 g/mol. The molecule has 0 saturated heterocycles. The van der Waals surface area contributed by atoms with Gasteiger partial charge in [-0.25, -0.2) is 0 Å². The largest absolute Gasteiger partial charge is 0.481 e. The number of benzene rings is 1. The molecule has 0 heterocycles. The van der Waals surface area contributed by atoms with Crippen molar-refractivity contribution in [3.8, 4) is 0 Å². The first-order valence-corrected chi connectivity index (χ1v) is 7.05. The van der Waals surface area contributed by atoms with E-state index in [0.29, 0.717) is 13.0 Å². The summed E-state index contributed by atoms with van der Waals surface area (Å²) in [6.45, 7) is 1.36. The molecule has 0 bridgehead atoms. The molecule has 116 valence electrons. The van der Waals surface area contributed by atoms with Gasteiger partial charge < -0.3 is 14.9 Å². The van der Waals surface area contributed by atoms with Crippen LogP contribution in [0.15, 0.2) is 30.3 Å². The summed E-state index contributed by atoms with van der Waals surface area (Å²) in [7, 11) is 5.59. The Balaban J connectivity index is 2.58. The van der Waals surface area contributed by atoms with Crippen LogP contribution in [0.1, 0.15) is 12.0 Å². The highest BCUT2D eigenvalue weighted by Crippen LogP contribution is 2.14. The molecule has 0 aliphatic carbocycles. The summed E-state index contributed by atoms with van der Waals surface area (Å²) in [6, 6.07) is 9.41. The maximum absolute atomic E-state index is 12.1. The van der Waals surface area contributed by atoms with Crippen molar-refractivity contribution in [2.24, 2.45) is 5.92 Å². The van der Waals surface area contributed by atoms with Gasteiger partial charge in [-0.1, -0.05) is 30.3 Å². The highest BCUT2D eigenvalue weighted by atomic mass is 16.4. The van der Waals surface area contributed by atoms with Crippen molar-refractivity contribution in [1.29, 1.82) is 0 Å². The molecule has 0 unspecified atom stereocenters. The lowest BCUT2D eigenvalue weighted by atomic mass is 9.96. The Morgan fingerprint density at radius 1 is 1.10 bits per heavy atom. The minimum absolute atomic E-state index is 0.0359. The van der Waals surface area contributed by atoms with Gasteiger partial charge in [-0.2, -0.15) is 0 Å². The van der Waals surface area contributed by atoms with Crippen LogP contribution in [0.25, 0.3) is 0 Å². The average Bonchev–Trinajstić information content (AvgIpc) is 2.44. The SMILES string of the molecule is CN(C)CCN(C)C(=O)C[C@@H](Cc1ccccc1)C(=O)O. The van der Waals surface area contributed by atoms with Gasteiger partial charge in [0.1, 0.15) is 0 Å². The highest BCUT2D eigenvalue weighted by molar-refractivity contribution is 5.82. The van der Waals surface area contributed by atoms with Gasteiger partial charge in [0.2, 0.25) is 5.91 Å². The summed E-state index contributed by atoms with van der Waals surface area (Å²) in [5.41, 5.74) is 0.939. The molecule has 0 saturated carbocycles. The van der Waals surface area contributed by atoms with Gasteiger partial charge in [-0.05, 0) is 26.1 Å². The molecule has 0 spiro atoms. The number of aliphatic carboxylic acids is 1. The van der Waals surface area contributed by atoms with Crippen molar-refractivity contribution < 1.29 is 14.7 Å². The summed E-state index contributed by atoms with van der Waals surface area (Å²) >= 11 is 0. The Bertz CT molecular complexity index is 460. The van der Waals surface area contributed by atoms with Crippen molar-refractivity contribution in [2.75, 3.05) is 34.2 Å². The molecular formula is C16H24N2O3. The fraction of sp³-hybridized carbons (Fsp3) is 0.500. The monoisotopic (exact) mass is 292 g/mol. The van der Waals surface area contributed by atoms with Gasteiger partial charge in [0.25, 0.3) is 0 Å². The van der Waals surface area contributed by atoms with Crippen LogP contribution in [-0.4, -0.2) is 61.0 Å². The van der Waals surface area contributed by atoms with Crippen molar-refractivity contribution in [3.63, 3.8) is 0 Å². The van der Waals surface area contributed by atoms with Gasteiger partial charge in [0.15, 0.2) is 0 Å². The number of rotatable bonds is 8. The number of likely N-dealkylation sites (N-methyl/N-ethyl adjacent to an activating group) is 2. The summed E-state index contributed by atoms with van der Waals surface area (Å²) < 4.78 is 0. The Hall–Kier alpha value is -1.88. The van der Waals surface area contributed by atoms with Crippen LogP contribution in [0.4, 0.5) is 0 Å². The normalized spacial score (nSPS) is 12.2. The van der Waals surface area contributed by atoms with E-state index < -0.39 is 11.9 Å². The number of amides is 1. The first kappa shape index (κ1) is 17.2. The molecule has 1 aromatic carbocycles. The Morgan fingerprint density at radius 2 is 1.71 bits per heavy atom. The number of hydrogen-bond acceptors (Lipinski definition) is 3. The van der Waals surface area contributed by atoms with E-state index >= 15 is 0 Å². The highest BCUT2D eigenvalue weighted by Gasteiger charge is 2.23. The summed E-state index contributed by atoms with van der Waals surface area (Å²) in [6.07, 6.45) is 0.414. The molecular weight excluding hydrogens is 268 g/mol. The summed E-state index contributed by atoms with van der Waals surface area (Å²) in [5.74, 6) is -1.73. The predicted molar refractivity (Wildman–Crippen MR) is 82.1 cm³/mol. The molecule has 0 fully saturated rings. The lowest BCUT2D eigenvalue weighted by molar-refractivity contribution is -0.145. The van der Waals surface area contributed by atoms with Gasteiger partial charge in [-0.15, -0.1) is 0 Å². The van der Waals surface area contributed by atoms with E-state index in [1.807, 2.05) is 49.3 Å². The molecule has 0 aromatic heterocycles. The van der Waals surface area contributed by atoms with Crippen molar-refractivity contribution >= 4 is 11.9 Å². The Kier molecular flexibility index (Phi) is 6.88. The number of carbonyl (C=O) groups excluding carboxylic acids is 1. The van der Waals surface area contributed by atoms with Crippen LogP contribution < -0.4 is 0 Å². The third-order valence-electron chi connectivity index (χ3n) is 3.40. The zero-order chi connectivity index (χ0) is 15.8. The lowest BCUT2D eigenvalue weighted by Crippen LogP contribution is -2.35. The number of carboxylic acid groups (broad SMARTS) is 1. The van der Waals surface area contributed by atoms with E-state index in [1.165, 1.54) is 0 Å². The van der Waals surface area contributed by atoms with Gasteiger partial charge in [0.05, 0.1) is 5.92 Å². The standard InChI is InChI=1S/C16H24N2O3/c1-17(2)9-10-18(3)15(19)12-14(16(20)21)11-13-7-5-4-6-8-13/h4-8,14H,9-12H2,1-3H3,(H,20,21)/t14-/m1/s1. The Morgan fingerprint density at radius 3 is 2.24 bits per heavy atom. The van der Waals surface area contributed by atoms with Crippen molar-refractivity contribution in [2.45, 2.75) is 12.8 Å². The molecule has 1 N–H and O–H groups in total. The van der Waals surface area contributed by atoms with E-state index in [1.54, 1.807) is 11.9 Å². The second kappa shape index (κ2) is 8.42. The summed E-state index contributed by atoms with van der Waals surface area (Å²) in [4.78, 5) is 27.0. The van der Waals surface area contributed by atoms with Gasteiger partial charge in [0, 0.05) is 26.6 Å². The zero-order valence-corrected chi connectivity index (χ0v) is 13.0. The fourth-order valence-electron chi connectivity index (χ4n) is 1.99. The minimum atomic E-state index is -0.923. The first-order chi connectivity index (χ1) is 9.90. The number of carboxylic acids is 1. The molecule has 1 aromatic rings. The second-order valence-corrected chi connectivity index (χ2v) is 5.55. The molecule has 0 radical (unpaired) electrons. The van der Waals surface area contributed by atoms with E-state index in [9.17, 15) is 14.7 Å². The van der Waals surface area contributed by atoms with Crippen molar-refractivity contribution in [1.82, 2.24) is 9.80 Å². The molecule has 1 amide bonds. The van der Waals surface area contributed by atoms with Crippen LogP contribution in [0.3, 0.4) is 0 Å². The van der Waals surface area contributed by atoms with Gasteiger partial charge in [-0.3, -0.25) is 9.59 Å². The van der Waals surface area contributed by atoms with E-state index in [-0.39, 0.29) is 12.3 Å². The van der Waals surface area contributed by atoms with Gasteiger partial charge >= 0.3 is 5.97 Å². The van der Waals surface area contributed by atoms with Crippen LogP contribution in [0.2, 0.25) is 0 Å². The summed E-state index contributed by atoms with van der Waals surface area (Å²) in [5, 5.41) is 9.30. The second-order valence-electron chi connectivity index (χ2n) is 5.55. The lowest BCUT2D eigenvalue weighted by Gasteiger charge is -2.21. The molecule has 5 heteroatoms. The van der Waals surface area contributed by atoms with Crippen LogP contribution in [-0.2, 0) is 16.0 Å². The minimum Gasteiger partial charge on any atom is -0.481 e. The van der Waals surface area contributed by atoms with Crippen LogP contribution in [0.5, 0.6) is 0 Å². The predicted octanol–water partition coefficient (Wildman–Crippen LogP) is 1.34. The van der Waals surface area contributed by atoms with Crippen LogP contribution in [0, 0.1) is 5.92 Å². The fourth-order valence-corrected chi connectivity index (χ4v) is 1.99. The third kappa shape index (κ3) is 6.40. The topological polar surface area (TPSA) is 60.9 Å². The van der Waals surface area contributed by atoms with Crippen LogP contribution >= 0.6 is 0 Å². The molecule has 1 rings (SSSR count). The first-order valence-electron chi connectivity index (χ1n) is 7.05. The van der Waals surface area contributed by atoms with E-state index in [4.69, 9.17) is 0 Å². The smallest absolute Gasteiger partial charge is 0.307 e. The number of hydrogen-bond donors (Lipinski definition) is 1. The maximum atomic E-state index is 12.1. The quantitative estimate of drug-likeness (QED) is 0.785. The third-order valence-corrected chi connectivity index (χ3v) is 3.40.